The fourth-order valence-corrected chi connectivity index (χ4v) is 0.859. The topological polar surface area (TPSA) is 9.23 Å². The normalized spacial score (nSPS) is 11.2. The maximum absolute atomic E-state index is 5.69. The van der Waals surface area contributed by atoms with Crippen LogP contribution in [0.5, 0.6) is 5.75 Å². The highest BCUT2D eigenvalue weighted by atomic mass is 16.5. The molecular formula is C11H15O. The van der Waals surface area contributed by atoms with Crippen molar-refractivity contribution in [3.63, 3.8) is 0 Å². The van der Waals surface area contributed by atoms with Gasteiger partial charge in [0.05, 0.1) is 0 Å². The summed E-state index contributed by atoms with van der Waals surface area (Å²) in [4.78, 5) is 0. The standard InChI is InChI=1S/C11H15O/c1-4-11(2,3)12-10-8-6-5-7-9-10/h5-9H,1,4H2,2-3H3. The molecular weight excluding hydrogens is 148 g/mol. The third-order valence-corrected chi connectivity index (χ3v) is 1.74. The lowest BCUT2D eigenvalue weighted by molar-refractivity contribution is 0.112. The average Bonchev–Trinajstić information content (AvgIpc) is 2.06. The molecule has 0 saturated heterocycles. The van der Waals surface area contributed by atoms with Crippen LogP contribution in [0.4, 0.5) is 0 Å². The van der Waals surface area contributed by atoms with Crippen LogP contribution in [-0.4, -0.2) is 5.60 Å². The van der Waals surface area contributed by atoms with Crippen LogP contribution in [0.3, 0.4) is 0 Å². The van der Waals surface area contributed by atoms with Gasteiger partial charge in [-0.15, -0.1) is 0 Å². The Labute approximate surface area is 74.4 Å². The van der Waals surface area contributed by atoms with E-state index in [4.69, 9.17) is 4.74 Å². The summed E-state index contributed by atoms with van der Waals surface area (Å²) in [5.41, 5.74) is -0.165. The molecule has 0 aromatic heterocycles. The van der Waals surface area contributed by atoms with Crippen molar-refractivity contribution in [3.8, 4) is 5.75 Å². The van der Waals surface area contributed by atoms with Crippen LogP contribution in [0.2, 0.25) is 0 Å². The van der Waals surface area contributed by atoms with E-state index in [0.717, 1.165) is 12.2 Å². The highest BCUT2D eigenvalue weighted by molar-refractivity contribution is 5.21. The second kappa shape index (κ2) is 3.61. The smallest absolute Gasteiger partial charge is 0.120 e. The Morgan fingerprint density at radius 1 is 1.25 bits per heavy atom. The number of ether oxygens (including phenoxy) is 1. The average molecular weight is 163 g/mol. The van der Waals surface area contributed by atoms with Crippen molar-refractivity contribution in [3.05, 3.63) is 37.3 Å². The van der Waals surface area contributed by atoms with E-state index in [1.54, 1.807) is 0 Å². The second-order valence-corrected chi connectivity index (χ2v) is 3.42. The Morgan fingerprint density at radius 2 is 1.83 bits per heavy atom. The lowest BCUT2D eigenvalue weighted by atomic mass is 10.1. The molecule has 1 nitrogen and oxygen atoms in total. The molecule has 0 aliphatic carbocycles. The van der Waals surface area contributed by atoms with Gasteiger partial charge in [0, 0.05) is 0 Å². The minimum atomic E-state index is -0.165. The zero-order valence-corrected chi connectivity index (χ0v) is 7.71. The van der Waals surface area contributed by atoms with Gasteiger partial charge in [0.2, 0.25) is 0 Å². The molecule has 12 heavy (non-hydrogen) atoms. The molecule has 1 aromatic rings. The van der Waals surface area contributed by atoms with Crippen LogP contribution >= 0.6 is 0 Å². The predicted octanol–water partition coefficient (Wildman–Crippen LogP) is 3.07. The quantitative estimate of drug-likeness (QED) is 0.665. The van der Waals surface area contributed by atoms with Gasteiger partial charge in [-0.25, -0.2) is 0 Å². The van der Waals surface area contributed by atoms with E-state index in [1.807, 2.05) is 44.2 Å². The van der Waals surface area contributed by atoms with Crippen molar-refractivity contribution < 1.29 is 4.74 Å². The summed E-state index contributed by atoms with van der Waals surface area (Å²) in [6, 6.07) is 9.82. The molecule has 0 spiro atoms. The van der Waals surface area contributed by atoms with Gasteiger partial charge >= 0.3 is 0 Å². The van der Waals surface area contributed by atoms with Crippen LogP contribution in [0.1, 0.15) is 20.3 Å². The van der Waals surface area contributed by atoms with Crippen molar-refractivity contribution in [2.45, 2.75) is 25.9 Å². The number of hydrogen-bond acceptors (Lipinski definition) is 1. The molecule has 0 aliphatic heterocycles. The van der Waals surface area contributed by atoms with Crippen LogP contribution in [0.25, 0.3) is 0 Å². The SMILES string of the molecule is [CH2]CC(C)(C)Oc1ccccc1. The summed E-state index contributed by atoms with van der Waals surface area (Å²) in [5, 5.41) is 0. The van der Waals surface area contributed by atoms with E-state index in [-0.39, 0.29) is 5.60 Å². The van der Waals surface area contributed by atoms with Crippen LogP contribution in [0, 0.1) is 6.92 Å². The number of benzene rings is 1. The Kier molecular flexibility index (Phi) is 2.74. The van der Waals surface area contributed by atoms with Gasteiger partial charge in [-0.1, -0.05) is 18.2 Å². The first-order valence-corrected chi connectivity index (χ1v) is 4.17. The van der Waals surface area contributed by atoms with E-state index >= 15 is 0 Å². The summed E-state index contributed by atoms with van der Waals surface area (Å²) in [6.07, 6.45) is 0.766. The van der Waals surface area contributed by atoms with Crippen LogP contribution in [-0.2, 0) is 0 Å². The highest BCUT2D eigenvalue weighted by Crippen LogP contribution is 2.19. The summed E-state index contributed by atoms with van der Waals surface area (Å²) < 4.78 is 5.69. The molecule has 1 aromatic carbocycles. The van der Waals surface area contributed by atoms with E-state index in [2.05, 4.69) is 6.92 Å². The van der Waals surface area contributed by atoms with Gasteiger partial charge in [-0.3, -0.25) is 0 Å². The molecule has 1 radical (unpaired) electrons. The van der Waals surface area contributed by atoms with E-state index in [9.17, 15) is 0 Å². The first-order valence-electron chi connectivity index (χ1n) is 4.17. The Morgan fingerprint density at radius 3 is 2.33 bits per heavy atom. The van der Waals surface area contributed by atoms with Gasteiger partial charge in [0.25, 0.3) is 0 Å². The molecule has 0 heterocycles. The fourth-order valence-electron chi connectivity index (χ4n) is 0.859. The fraction of sp³-hybridized carbons (Fsp3) is 0.364. The zero-order chi connectivity index (χ0) is 9.03. The summed E-state index contributed by atoms with van der Waals surface area (Å²) in [6.45, 7) is 7.90. The van der Waals surface area contributed by atoms with Crippen LogP contribution < -0.4 is 4.74 Å². The molecule has 0 fully saturated rings. The molecule has 65 valence electrons. The summed E-state index contributed by atoms with van der Waals surface area (Å²) in [5.74, 6) is 0.908. The number of para-hydroxylation sites is 1. The third kappa shape index (κ3) is 2.57. The van der Waals surface area contributed by atoms with E-state index in [1.165, 1.54) is 0 Å². The lowest BCUT2D eigenvalue weighted by Gasteiger charge is -2.24. The monoisotopic (exact) mass is 163 g/mol. The second-order valence-electron chi connectivity index (χ2n) is 3.42. The maximum atomic E-state index is 5.69. The van der Waals surface area contributed by atoms with Gasteiger partial charge in [0.1, 0.15) is 11.4 Å². The minimum Gasteiger partial charge on any atom is -0.488 e. The molecule has 0 amide bonds. The Bertz CT molecular complexity index is 226. The third-order valence-electron chi connectivity index (χ3n) is 1.74. The lowest BCUT2D eigenvalue weighted by Crippen LogP contribution is -2.26. The maximum Gasteiger partial charge on any atom is 0.120 e. The largest absolute Gasteiger partial charge is 0.488 e. The van der Waals surface area contributed by atoms with Gasteiger partial charge < -0.3 is 4.74 Å². The van der Waals surface area contributed by atoms with Crippen LogP contribution in [0.15, 0.2) is 30.3 Å². The molecule has 0 saturated carbocycles. The van der Waals surface area contributed by atoms with Crippen molar-refractivity contribution in [2.75, 3.05) is 0 Å². The van der Waals surface area contributed by atoms with Crippen molar-refractivity contribution in [2.24, 2.45) is 0 Å². The predicted molar refractivity (Wildman–Crippen MR) is 51.1 cm³/mol. The molecule has 0 aliphatic rings. The zero-order valence-electron chi connectivity index (χ0n) is 7.71. The molecule has 0 unspecified atom stereocenters. The van der Waals surface area contributed by atoms with Gasteiger partial charge in [-0.05, 0) is 39.3 Å². The molecule has 0 N–H and O–H groups in total. The Hall–Kier alpha value is -0.980. The first kappa shape index (κ1) is 9.11. The van der Waals surface area contributed by atoms with Gasteiger partial charge in [0.15, 0.2) is 0 Å². The van der Waals surface area contributed by atoms with E-state index < -0.39 is 0 Å². The Balaban J connectivity index is 2.64. The number of hydrogen-bond donors (Lipinski definition) is 0. The first-order chi connectivity index (χ1) is 5.64. The molecule has 0 bridgehead atoms. The molecule has 0 atom stereocenters. The molecule has 1 heteroatoms. The molecule has 1 rings (SSSR count). The number of rotatable bonds is 3. The highest BCUT2D eigenvalue weighted by Gasteiger charge is 2.15. The summed E-state index contributed by atoms with van der Waals surface area (Å²) >= 11 is 0. The van der Waals surface area contributed by atoms with Crippen molar-refractivity contribution >= 4 is 0 Å². The van der Waals surface area contributed by atoms with E-state index in [0.29, 0.717) is 0 Å². The van der Waals surface area contributed by atoms with Crippen molar-refractivity contribution in [1.82, 2.24) is 0 Å². The van der Waals surface area contributed by atoms with Crippen molar-refractivity contribution in [1.29, 1.82) is 0 Å². The minimum absolute atomic E-state index is 0.165. The summed E-state index contributed by atoms with van der Waals surface area (Å²) in [7, 11) is 0. The van der Waals surface area contributed by atoms with Gasteiger partial charge in [-0.2, -0.15) is 0 Å².